The topological polar surface area (TPSA) is 102 Å². The monoisotopic (exact) mass is 360 g/mol. The molecule has 0 spiro atoms. The fourth-order valence-corrected chi connectivity index (χ4v) is 2.96. The van der Waals surface area contributed by atoms with Crippen LogP contribution in [0.15, 0.2) is 0 Å². The number of esters is 2. The molecule has 1 aliphatic rings. The fourth-order valence-electron chi connectivity index (χ4n) is 2.96. The van der Waals surface area contributed by atoms with Crippen LogP contribution in [0.25, 0.3) is 0 Å². The first-order valence-electron chi connectivity index (χ1n) is 9.26. The Hall–Kier alpha value is -1.18. The molecule has 4 atom stereocenters. The molecule has 1 fully saturated rings. The minimum absolute atomic E-state index is 0.0510. The van der Waals surface area contributed by atoms with Crippen molar-refractivity contribution in [1.82, 2.24) is 0 Å². The van der Waals surface area contributed by atoms with Crippen molar-refractivity contribution < 1.29 is 34.0 Å². The first-order chi connectivity index (χ1) is 11.9. The number of aliphatic hydroxyl groups is 2. The zero-order valence-electron chi connectivity index (χ0n) is 15.6. The van der Waals surface area contributed by atoms with E-state index < -0.39 is 37.2 Å². The summed E-state index contributed by atoms with van der Waals surface area (Å²) in [4.78, 5) is 24.3. The van der Waals surface area contributed by atoms with Crippen LogP contribution in [0.1, 0.15) is 59.8 Å². The molecule has 1 rings (SSSR count). The average Bonchev–Trinajstić information content (AvgIpc) is 2.59. The lowest BCUT2D eigenvalue weighted by Crippen LogP contribution is -2.53. The Kier molecular flexibility index (Phi) is 9.38. The van der Waals surface area contributed by atoms with Crippen LogP contribution in [-0.2, 0) is 23.8 Å². The largest absolute Gasteiger partial charge is 0.459 e. The molecule has 0 aliphatic carbocycles. The Labute approximate surface area is 149 Å². The van der Waals surface area contributed by atoms with Gasteiger partial charge < -0.3 is 24.4 Å². The maximum Gasteiger partial charge on any atom is 0.311 e. The summed E-state index contributed by atoms with van der Waals surface area (Å²) in [6.45, 7) is 7.13. The van der Waals surface area contributed by atoms with E-state index in [4.69, 9.17) is 14.2 Å². The minimum Gasteiger partial charge on any atom is -0.459 e. The maximum atomic E-state index is 12.2. The minimum atomic E-state index is -1.16. The van der Waals surface area contributed by atoms with Gasteiger partial charge in [-0.25, -0.2) is 0 Å². The van der Waals surface area contributed by atoms with Gasteiger partial charge in [0, 0.05) is 0 Å². The third kappa shape index (κ3) is 5.94. The molecule has 0 amide bonds. The van der Waals surface area contributed by atoms with Gasteiger partial charge in [-0.1, -0.05) is 27.7 Å². The van der Waals surface area contributed by atoms with E-state index in [1.54, 1.807) is 0 Å². The first-order valence-corrected chi connectivity index (χ1v) is 9.26. The molecule has 25 heavy (non-hydrogen) atoms. The third-order valence-electron chi connectivity index (χ3n) is 4.85. The lowest BCUT2D eigenvalue weighted by Gasteiger charge is -2.38. The normalized spacial score (nSPS) is 26.7. The van der Waals surface area contributed by atoms with Gasteiger partial charge in [0.1, 0.15) is 18.3 Å². The van der Waals surface area contributed by atoms with Crippen LogP contribution in [-0.4, -0.2) is 53.4 Å². The van der Waals surface area contributed by atoms with Gasteiger partial charge in [0.15, 0.2) is 0 Å². The molecule has 1 saturated heterocycles. The van der Waals surface area contributed by atoms with E-state index in [0.29, 0.717) is 25.7 Å². The molecule has 0 aromatic rings. The molecular formula is C18H32O7. The molecular weight excluding hydrogens is 328 g/mol. The summed E-state index contributed by atoms with van der Waals surface area (Å²) >= 11 is 0. The van der Waals surface area contributed by atoms with Crippen molar-refractivity contribution in [3.8, 4) is 0 Å². The molecule has 0 bridgehead atoms. The highest BCUT2D eigenvalue weighted by Crippen LogP contribution is 2.26. The highest BCUT2D eigenvalue weighted by Gasteiger charge is 2.42. The summed E-state index contributed by atoms with van der Waals surface area (Å²) in [5.74, 6) is -1.24. The Morgan fingerprint density at radius 2 is 1.48 bits per heavy atom. The fraction of sp³-hybridized carbons (Fsp3) is 0.889. The van der Waals surface area contributed by atoms with Crippen molar-refractivity contribution in [3.05, 3.63) is 0 Å². The highest BCUT2D eigenvalue weighted by molar-refractivity contribution is 5.73. The number of aliphatic hydroxyl groups excluding tert-OH is 2. The average molecular weight is 360 g/mol. The molecule has 7 heteroatoms. The predicted octanol–water partition coefficient (Wildman–Crippen LogP) is 1.78. The molecule has 0 aromatic heterocycles. The van der Waals surface area contributed by atoms with Crippen molar-refractivity contribution in [3.63, 3.8) is 0 Å². The van der Waals surface area contributed by atoms with E-state index in [-0.39, 0.29) is 24.2 Å². The van der Waals surface area contributed by atoms with Crippen molar-refractivity contribution in [1.29, 1.82) is 0 Å². The van der Waals surface area contributed by atoms with Gasteiger partial charge in [-0.2, -0.15) is 0 Å². The van der Waals surface area contributed by atoms with Crippen molar-refractivity contribution >= 4 is 11.9 Å². The van der Waals surface area contributed by atoms with Gasteiger partial charge in [-0.05, 0) is 25.7 Å². The zero-order valence-corrected chi connectivity index (χ0v) is 15.6. The van der Waals surface area contributed by atoms with E-state index in [2.05, 4.69) is 0 Å². The number of ether oxygens (including phenoxy) is 3. The van der Waals surface area contributed by atoms with Gasteiger partial charge in [0.05, 0.1) is 24.9 Å². The van der Waals surface area contributed by atoms with Crippen LogP contribution in [0.5, 0.6) is 0 Å². The molecule has 1 aliphatic heterocycles. The van der Waals surface area contributed by atoms with Crippen molar-refractivity contribution in [2.75, 3.05) is 6.61 Å². The van der Waals surface area contributed by atoms with Gasteiger partial charge >= 0.3 is 11.9 Å². The smallest absolute Gasteiger partial charge is 0.311 e. The SMILES string of the molecule is CCC(CC)C(=O)O[C@H]1C[C@@H](OC(=O)C(CC)CC)[C@H](O)[C@@H](CO)O1. The van der Waals surface area contributed by atoms with Gasteiger partial charge in [0.25, 0.3) is 0 Å². The van der Waals surface area contributed by atoms with Crippen LogP contribution in [0.4, 0.5) is 0 Å². The van der Waals surface area contributed by atoms with E-state index in [1.165, 1.54) is 0 Å². The molecule has 2 N–H and O–H groups in total. The molecule has 146 valence electrons. The summed E-state index contributed by atoms with van der Waals surface area (Å²) in [5.41, 5.74) is 0. The van der Waals surface area contributed by atoms with E-state index >= 15 is 0 Å². The van der Waals surface area contributed by atoms with Crippen LogP contribution < -0.4 is 0 Å². The molecule has 7 nitrogen and oxygen atoms in total. The summed E-state index contributed by atoms with van der Waals surface area (Å²) in [6.07, 6.45) is -1.31. The quantitative estimate of drug-likeness (QED) is 0.604. The Balaban J connectivity index is 2.77. The number of hydrogen-bond donors (Lipinski definition) is 2. The van der Waals surface area contributed by atoms with E-state index in [1.807, 2.05) is 27.7 Å². The van der Waals surface area contributed by atoms with E-state index in [0.717, 1.165) is 0 Å². The second kappa shape index (κ2) is 10.7. The summed E-state index contributed by atoms with van der Waals surface area (Å²) in [7, 11) is 0. The highest BCUT2D eigenvalue weighted by atomic mass is 16.7. The second-order valence-corrected chi connectivity index (χ2v) is 6.45. The molecule has 0 aromatic carbocycles. The third-order valence-corrected chi connectivity index (χ3v) is 4.85. The predicted molar refractivity (Wildman–Crippen MR) is 90.5 cm³/mol. The van der Waals surface area contributed by atoms with E-state index in [9.17, 15) is 19.8 Å². The van der Waals surface area contributed by atoms with Gasteiger partial charge in [-0.3, -0.25) is 9.59 Å². The molecule has 0 unspecified atom stereocenters. The molecule has 0 radical (unpaired) electrons. The number of carbonyl (C=O) groups excluding carboxylic acids is 2. The van der Waals surface area contributed by atoms with Crippen LogP contribution in [0.3, 0.4) is 0 Å². The van der Waals surface area contributed by atoms with Gasteiger partial charge in [-0.15, -0.1) is 0 Å². The first kappa shape index (κ1) is 21.9. The number of rotatable bonds is 9. The molecule has 1 heterocycles. The molecule has 0 saturated carbocycles. The Morgan fingerprint density at radius 1 is 1.00 bits per heavy atom. The van der Waals surface area contributed by atoms with Gasteiger partial charge in [0.2, 0.25) is 6.29 Å². The number of hydrogen-bond acceptors (Lipinski definition) is 7. The van der Waals surface area contributed by atoms with Crippen molar-refractivity contribution in [2.24, 2.45) is 11.8 Å². The van der Waals surface area contributed by atoms with Crippen LogP contribution in [0.2, 0.25) is 0 Å². The summed E-state index contributed by atoms with van der Waals surface area (Å²) in [6, 6.07) is 0. The van der Waals surface area contributed by atoms with Crippen LogP contribution in [0, 0.1) is 11.8 Å². The number of carbonyl (C=O) groups is 2. The summed E-state index contributed by atoms with van der Waals surface area (Å²) in [5, 5.41) is 19.7. The standard InChI is InChI=1S/C18H32O7/c1-5-11(6-2)17(21)24-13-9-15(23-14(10-19)16(13)20)25-18(22)12(7-3)8-4/h11-16,19-20H,5-10H2,1-4H3/t13-,14-,15+,16+/m1/s1. The Bertz CT molecular complexity index is 418. The summed E-state index contributed by atoms with van der Waals surface area (Å²) < 4.78 is 16.2. The Morgan fingerprint density at radius 3 is 1.92 bits per heavy atom. The van der Waals surface area contributed by atoms with Crippen molar-refractivity contribution in [2.45, 2.75) is 84.4 Å². The second-order valence-electron chi connectivity index (χ2n) is 6.45. The lowest BCUT2D eigenvalue weighted by atomic mass is 10.00. The zero-order chi connectivity index (χ0) is 19.0. The lowest BCUT2D eigenvalue weighted by molar-refractivity contribution is -0.257. The van der Waals surface area contributed by atoms with Crippen LogP contribution >= 0.6 is 0 Å². The maximum absolute atomic E-state index is 12.2.